The Labute approximate surface area is 272 Å². The summed E-state index contributed by atoms with van der Waals surface area (Å²) in [4.78, 5) is 32.7. The zero-order chi connectivity index (χ0) is 31.8. The molecular weight excluding hydrogens is 618 g/mol. The number of carbonyl (C=O) groups excluding carboxylic acids is 2. The van der Waals surface area contributed by atoms with Gasteiger partial charge in [-0.3, -0.25) is 4.79 Å². The first-order valence-corrected chi connectivity index (χ1v) is 16.5. The zero-order valence-electron chi connectivity index (χ0n) is 25.7. The molecule has 0 saturated carbocycles. The van der Waals surface area contributed by atoms with Crippen molar-refractivity contribution in [3.63, 3.8) is 0 Å². The van der Waals surface area contributed by atoms with Crippen LogP contribution in [0.5, 0.6) is 11.5 Å². The van der Waals surface area contributed by atoms with Crippen molar-refractivity contribution in [1.29, 1.82) is 0 Å². The van der Waals surface area contributed by atoms with E-state index in [4.69, 9.17) is 40.6 Å². The number of ether oxygens (including phenoxy) is 4. The van der Waals surface area contributed by atoms with Crippen molar-refractivity contribution in [2.24, 2.45) is 0 Å². The molecule has 1 amide bonds. The molecule has 240 valence electrons. The molecule has 1 aromatic heterocycles. The van der Waals surface area contributed by atoms with Crippen molar-refractivity contribution in [3.05, 3.63) is 69.9 Å². The van der Waals surface area contributed by atoms with Crippen LogP contribution in [0.25, 0.3) is 0 Å². The average molecular weight is 656 g/mol. The first-order valence-electron chi connectivity index (χ1n) is 15.1. The molecule has 13 heteroatoms. The van der Waals surface area contributed by atoms with E-state index in [9.17, 15) is 9.59 Å². The summed E-state index contributed by atoms with van der Waals surface area (Å²) in [6.45, 7) is 8.42. The van der Waals surface area contributed by atoms with Crippen molar-refractivity contribution >= 4 is 41.2 Å². The zero-order valence-corrected chi connectivity index (χ0v) is 27.3. The fraction of sp³-hybridized carbons (Fsp3) is 0.438. The van der Waals surface area contributed by atoms with E-state index in [0.29, 0.717) is 84.2 Å². The lowest BCUT2D eigenvalue weighted by Gasteiger charge is -2.29. The van der Waals surface area contributed by atoms with Gasteiger partial charge in [0.25, 0.3) is 5.91 Å². The van der Waals surface area contributed by atoms with Gasteiger partial charge in [-0.25, -0.2) is 9.48 Å². The van der Waals surface area contributed by atoms with Gasteiger partial charge in [0.15, 0.2) is 18.1 Å². The first-order chi connectivity index (χ1) is 21.9. The van der Waals surface area contributed by atoms with Crippen LogP contribution in [0.2, 0.25) is 5.02 Å². The smallest absolute Gasteiger partial charge is 0.338 e. The van der Waals surface area contributed by atoms with E-state index < -0.39 is 12.0 Å². The fourth-order valence-electron chi connectivity index (χ4n) is 5.04. The summed E-state index contributed by atoms with van der Waals surface area (Å²) in [7, 11) is 0. The van der Waals surface area contributed by atoms with Gasteiger partial charge in [-0.2, -0.15) is 4.98 Å². The molecule has 2 aliphatic heterocycles. The summed E-state index contributed by atoms with van der Waals surface area (Å²) in [5.41, 5.74) is 2.74. The molecule has 1 unspecified atom stereocenters. The summed E-state index contributed by atoms with van der Waals surface area (Å²) in [6, 6.07) is 12.4. The minimum absolute atomic E-state index is 0.118. The SMILES string of the molecule is CCCCOC(=O)C1=C(C)Nc2nc(SCc3ccccc3Cl)nn2C1c1ccc(OCC(=O)N2CCOCC2)c(OCC)c1. The molecular formula is C32H38ClN5O6S. The molecule has 3 heterocycles. The third kappa shape index (κ3) is 7.92. The third-order valence-corrected chi connectivity index (χ3v) is 8.65. The van der Waals surface area contributed by atoms with Gasteiger partial charge in [0, 0.05) is 29.6 Å². The van der Waals surface area contributed by atoms with Crippen LogP contribution >= 0.6 is 23.4 Å². The van der Waals surface area contributed by atoms with Gasteiger partial charge in [0.1, 0.15) is 6.04 Å². The van der Waals surface area contributed by atoms with E-state index in [1.54, 1.807) is 15.6 Å². The van der Waals surface area contributed by atoms with Crippen molar-refractivity contribution < 1.29 is 28.5 Å². The Kier molecular flexibility index (Phi) is 11.2. The summed E-state index contributed by atoms with van der Waals surface area (Å²) >= 11 is 7.82. The molecule has 1 saturated heterocycles. The second-order valence-corrected chi connectivity index (χ2v) is 11.9. The number of carbonyl (C=O) groups is 2. The Morgan fingerprint density at radius 1 is 1.11 bits per heavy atom. The normalized spacial score (nSPS) is 16.2. The molecule has 0 radical (unpaired) electrons. The van der Waals surface area contributed by atoms with Crippen LogP contribution in [-0.4, -0.2) is 77.7 Å². The molecule has 1 fully saturated rings. The fourth-order valence-corrected chi connectivity index (χ4v) is 6.15. The quantitative estimate of drug-likeness (QED) is 0.144. The number of allylic oxidation sites excluding steroid dienone is 1. The number of nitrogens with one attached hydrogen (secondary N) is 1. The highest BCUT2D eigenvalue weighted by Gasteiger charge is 2.36. The molecule has 0 spiro atoms. The maximum Gasteiger partial charge on any atom is 0.338 e. The standard InChI is InChI=1S/C32H38ClN5O6S/c1-4-6-15-43-30(40)28-21(3)34-31-35-32(45-20-23-9-7-8-10-24(23)33)36-38(31)29(28)22-11-12-25(26(18-22)42-5-2)44-19-27(39)37-13-16-41-17-14-37/h7-12,18,29H,4-6,13-17,19-20H2,1-3H3,(H,34,35,36). The van der Waals surface area contributed by atoms with Crippen molar-refractivity contribution in [1.82, 2.24) is 19.7 Å². The summed E-state index contributed by atoms with van der Waals surface area (Å²) in [5, 5.41) is 9.27. The number of morpholine rings is 1. The van der Waals surface area contributed by atoms with E-state index >= 15 is 0 Å². The highest BCUT2D eigenvalue weighted by Crippen LogP contribution is 2.40. The van der Waals surface area contributed by atoms with Gasteiger partial charge in [-0.1, -0.05) is 61.0 Å². The van der Waals surface area contributed by atoms with Crippen LogP contribution in [0.4, 0.5) is 5.95 Å². The molecule has 2 aliphatic rings. The molecule has 5 rings (SSSR count). The van der Waals surface area contributed by atoms with Crippen LogP contribution in [0.3, 0.4) is 0 Å². The molecule has 11 nitrogen and oxygen atoms in total. The minimum atomic E-state index is -0.652. The number of benzene rings is 2. The van der Waals surface area contributed by atoms with E-state index in [0.717, 1.165) is 24.0 Å². The summed E-state index contributed by atoms with van der Waals surface area (Å²) in [5.74, 6) is 1.41. The Hall–Kier alpha value is -3.74. The number of nitrogens with zero attached hydrogens (tertiary/aromatic N) is 4. The van der Waals surface area contributed by atoms with Crippen LogP contribution in [0.15, 0.2) is 58.9 Å². The Morgan fingerprint density at radius 2 is 1.91 bits per heavy atom. The molecule has 1 atom stereocenters. The number of hydrogen-bond donors (Lipinski definition) is 1. The van der Waals surface area contributed by atoms with E-state index in [1.807, 2.05) is 57.2 Å². The van der Waals surface area contributed by atoms with Gasteiger partial charge in [-0.15, -0.1) is 5.10 Å². The average Bonchev–Trinajstić information content (AvgIpc) is 3.45. The van der Waals surface area contributed by atoms with Gasteiger partial charge in [0.2, 0.25) is 11.1 Å². The lowest BCUT2D eigenvalue weighted by molar-refractivity contribution is -0.140. The Balaban J connectivity index is 1.45. The number of hydrogen-bond acceptors (Lipinski definition) is 10. The third-order valence-electron chi connectivity index (χ3n) is 7.40. The van der Waals surface area contributed by atoms with Gasteiger partial charge in [0.05, 0.1) is 32.0 Å². The number of unbranched alkanes of at least 4 members (excludes halogenated alkanes) is 1. The maximum absolute atomic E-state index is 13.5. The number of aromatic nitrogens is 3. The van der Waals surface area contributed by atoms with Crippen LogP contribution < -0.4 is 14.8 Å². The van der Waals surface area contributed by atoms with Crippen molar-refractivity contribution in [2.45, 2.75) is 50.6 Å². The van der Waals surface area contributed by atoms with Crippen LogP contribution in [0.1, 0.15) is 50.8 Å². The molecule has 0 bridgehead atoms. The number of esters is 1. The predicted octanol–water partition coefficient (Wildman–Crippen LogP) is 5.49. The second-order valence-electron chi connectivity index (χ2n) is 10.5. The maximum atomic E-state index is 13.5. The largest absolute Gasteiger partial charge is 0.490 e. The van der Waals surface area contributed by atoms with Gasteiger partial charge >= 0.3 is 5.97 Å². The summed E-state index contributed by atoms with van der Waals surface area (Å²) < 4.78 is 24.6. The van der Waals surface area contributed by atoms with Crippen molar-refractivity contribution in [2.75, 3.05) is 51.4 Å². The Morgan fingerprint density at radius 3 is 2.67 bits per heavy atom. The summed E-state index contributed by atoms with van der Waals surface area (Å²) in [6.07, 6.45) is 1.66. The van der Waals surface area contributed by atoms with Gasteiger partial charge in [-0.05, 0) is 49.6 Å². The van der Waals surface area contributed by atoms with E-state index in [-0.39, 0.29) is 12.5 Å². The Bertz CT molecular complexity index is 1540. The molecule has 2 aromatic carbocycles. The molecule has 1 N–H and O–H groups in total. The number of halogens is 1. The highest BCUT2D eigenvalue weighted by molar-refractivity contribution is 7.98. The van der Waals surface area contributed by atoms with Crippen LogP contribution in [-0.2, 0) is 24.8 Å². The molecule has 3 aromatic rings. The van der Waals surface area contributed by atoms with E-state index in [1.165, 1.54) is 11.8 Å². The molecule has 45 heavy (non-hydrogen) atoms. The monoisotopic (exact) mass is 655 g/mol. The van der Waals surface area contributed by atoms with Gasteiger partial charge < -0.3 is 29.2 Å². The number of anilines is 1. The molecule has 0 aliphatic carbocycles. The highest BCUT2D eigenvalue weighted by atomic mass is 35.5. The number of amides is 1. The second kappa shape index (κ2) is 15.5. The number of thioether (sulfide) groups is 1. The lowest BCUT2D eigenvalue weighted by atomic mass is 9.95. The van der Waals surface area contributed by atoms with Crippen LogP contribution in [0, 0.1) is 0 Å². The topological polar surface area (TPSA) is 117 Å². The lowest BCUT2D eigenvalue weighted by Crippen LogP contribution is -2.43. The number of fused-ring (bicyclic) bond motifs is 1. The first kappa shape index (κ1) is 32.6. The van der Waals surface area contributed by atoms with E-state index in [2.05, 4.69) is 5.32 Å². The predicted molar refractivity (Wildman–Crippen MR) is 172 cm³/mol. The van der Waals surface area contributed by atoms with Crippen molar-refractivity contribution in [3.8, 4) is 11.5 Å². The number of rotatable bonds is 13. The minimum Gasteiger partial charge on any atom is -0.490 e.